The zero-order valence-electron chi connectivity index (χ0n) is 21.3. The molecule has 0 bridgehead atoms. The Bertz CT molecular complexity index is 1530. The van der Waals surface area contributed by atoms with Crippen LogP contribution in [0.1, 0.15) is 46.2 Å². The predicted octanol–water partition coefficient (Wildman–Crippen LogP) is 6.11. The van der Waals surface area contributed by atoms with Crippen LogP contribution in [0.25, 0.3) is 11.0 Å². The van der Waals surface area contributed by atoms with E-state index in [1.807, 2.05) is 12.1 Å². The number of imidazole rings is 1. The summed E-state index contributed by atoms with van der Waals surface area (Å²) in [6.07, 6.45) is 1.58. The van der Waals surface area contributed by atoms with Crippen LogP contribution in [0.5, 0.6) is 11.6 Å². The summed E-state index contributed by atoms with van der Waals surface area (Å²) in [7, 11) is 0. The Morgan fingerprint density at radius 2 is 1.88 bits per heavy atom. The topological polar surface area (TPSA) is 89.7 Å². The molecular weight excluding hydrogens is 549 g/mol. The molecule has 1 N–H and O–H groups in total. The molecule has 0 unspecified atom stereocenters. The number of alkyl halides is 2. The fourth-order valence-corrected chi connectivity index (χ4v) is 5.06. The highest BCUT2D eigenvalue weighted by Crippen LogP contribution is 2.32. The Labute approximate surface area is 232 Å². The second-order valence-electron chi connectivity index (χ2n) is 9.45. The molecule has 0 spiro atoms. The van der Waals surface area contributed by atoms with Crippen LogP contribution < -0.4 is 9.47 Å². The third-order valence-corrected chi connectivity index (χ3v) is 7.22. The van der Waals surface area contributed by atoms with Gasteiger partial charge < -0.3 is 14.6 Å². The van der Waals surface area contributed by atoms with Crippen LogP contribution in [0, 0.1) is 5.82 Å². The van der Waals surface area contributed by atoms with Gasteiger partial charge in [-0.3, -0.25) is 9.47 Å². The van der Waals surface area contributed by atoms with Crippen molar-refractivity contribution >= 4 is 28.6 Å². The molecule has 1 aliphatic rings. The maximum absolute atomic E-state index is 14.1. The van der Waals surface area contributed by atoms with Gasteiger partial charge in [0, 0.05) is 28.3 Å². The van der Waals surface area contributed by atoms with E-state index in [-0.39, 0.29) is 34.9 Å². The maximum atomic E-state index is 14.1. The molecule has 5 rings (SSSR count). The van der Waals surface area contributed by atoms with Crippen molar-refractivity contribution in [2.75, 3.05) is 20.0 Å². The molecule has 1 aliphatic heterocycles. The van der Waals surface area contributed by atoms with Crippen molar-refractivity contribution in [3.63, 3.8) is 0 Å². The molecule has 8 nitrogen and oxygen atoms in total. The minimum atomic E-state index is -1.24. The number of carbonyl (C=O) groups is 1. The first kappa shape index (κ1) is 27.7. The van der Waals surface area contributed by atoms with Crippen LogP contribution >= 0.6 is 11.6 Å². The number of likely N-dealkylation sites (tertiary alicyclic amines) is 1. The number of pyridine rings is 1. The average Bonchev–Trinajstić information content (AvgIpc) is 3.30. The van der Waals surface area contributed by atoms with E-state index < -0.39 is 25.4 Å². The van der Waals surface area contributed by atoms with Crippen molar-refractivity contribution in [1.82, 2.24) is 19.4 Å². The molecule has 2 aromatic carbocycles. The molecule has 4 aromatic rings. The van der Waals surface area contributed by atoms with Crippen LogP contribution in [0.3, 0.4) is 0 Å². The number of rotatable bonds is 10. The number of aromatic nitrogens is 3. The van der Waals surface area contributed by atoms with Crippen molar-refractivity contribution in [2.24, 2.45) is 0 Å². The first-order chi connectivity index (χ1) is 19.4. The van der Waals surface area contributed by atoms with Gasteiger partial charge >= 0.3 is 5.97 Å². The molecule has 0 saturated carbocycles. The second kappa shape index (κ2) is 12.1. The maximum Gasteiger partial charge on any atom is 0.335 e. The van der Waals surface area contributed by atoms with Crippen molar-refractivity contribution in [2.45, 2.75) is 38.7 Å². The smallest absolute Gasteiger partial charge is 0.335 e. The quantitative estimate of drug-likeness (QED) is 0.244. The monoisotopic (exact) mass is 574 g/mol. The Kier molecular flexibility index (Phi) is 8.41. The SMILES string of the molecule is O=C(O)c1cc(OCF)c2nc(CN3CCC(c4cccc(OCc5ccc(Cl)cc5F)n4)CC3)n(CF)c2c1. The van der Waals surface area contributed by atoms with Gasteiger partial charge in [-0.25, -0.2) is 27.9 Å². The highest BCUT2D eigenvalue weighted by Gasteiger charge is 2.25. The minimum absolute atomic E-state index is 0.0273. The van der Waals surface area contributed by atoms with Crippen molar-refractivity contribution < 1.29 is 32.5 Å². The van der Waals surface area contributed by atoms with Gasteiger partial charge in [-0.05, 0) is 56.3 Å². The van der Waals surface area contributed by atoms with Crippen LogP contribution in [-0.4, -0.2) is 50.5 Å². The van der Waals surface area contributed by atoms with Gasteiger partial charge in [0.25, 0.3) is 0 Å². The lowest BCUT2D eigenvalue weighted by molar-refractivity contribution is 0.0696. The summed E-state index contributed by atoms with van der Waals surface area (Å²) in [6.45, 7) is -0.349. The Balaban J connectivity index is 1.25. The molecule has 12 heteroatoms. The number of nitrogens with zero attached hydrogens (tertiary/aromatic N) is 4. The predicted molar refractivity (Wildman–Crippen MR) is 142 cm³/mol. The average molecular weight is 575 g/mol. The molecule has 2 aromatic heterocycles. The number of ether oxygens (including phenoxy) is 2. The number of benzene rings is 2. The van der Waals surface area contributed by atoms with Gasteiger partial charge in [0.1, 0.15) is 23.8 Å². The summed E-state index contributed by atoms with van der Waals surface area (Å²) in [5, 5.41) is 9.71. The highest BCUT2D eigenvalue weighted by atomic mass is 35.5. The fraction of sp³-hybridized carbons (Fsp3) is 0.321. The molecule has 0 amide bonds. The van der Waals surface area contributed by atoms with Gasteiger partial charge in [0.2, 0.25) is 12.7 Å². The van der Waals surface area contributed by atoms with Crippen LogP contribution in [0.2, 0.25) is 5.02 Å². The van der Waals surface area contributed by atoms with Gasteiger partial charge in [-0.2, -0.15) is 0 Å². The van der Waals surface area contributed by atoms with E-state index >= 15 is 0 Å². The number of carboxylic acid groups (broad SMARTS) is 1. The van der Waals surface area contributed by atoms with Crippen LogP contribution in [-0.2, 0) is 20.0 Å². The number of halogens is 4. The number of aromatic carboxylic acids is 1. The Morgan fingerprint density at radius 1 is 1.07 bits per heavy atom. The van der Waals surface area contributed by atoms with E-state index in [4.69, 9.17) is 21.1 Å². The highest BCUT2D eigenvalue weighted by molar-refractivity contribution is 6.30. The summed E-state index contributed by atoms with van der Waals surface area (Å²) in [5.41, 5.74) is 1.56. The fourth-order valence-electron chi connectivity index (χ4n) is 4.90. The third-order valence-electron chi connectivity index (χ3n) is 6.98. The van der Waals surface area contributed by atoms with Crippen molar-refractivity contribution in [3.05, 3.63) is 82.0 Å². The summed E-state index contributed by atoms with van der Waals surface area (Å²) >= 11 is 5.81. The van der Waals surface area contributed by atoms with E-state index in [0.29, 0.717) is 41.9 Å². The third kappa shape index (κ3) is 6.00. The molecule has 1 saturated heterocycles. The van der Waals surface area contributed by atoms with E-state index in [0.717, 1.165) is 18.5 Å². The lowest BCUT2D eigenvalue weighted by Gasteiger charge is -2.31. The van der Waals surface area contributed by atoms with E-state index in [1.54, 1.807) is 18.2 Å². The first-order valence-electron chi connectivity index (χ1n) is 12.6. The normalized spacial score (nSPS) is 14.5. The number of carboxylic acids is 1. The number of hydrogen-bond donors (Lipinski definition) is 1. The lowest BCUT2D eigenvalue weighted by Crippen LogP contribution is -2.33. The molecule has 40 heavy (non-hydrogen) atoms. The molecule has 0 radical (unpaired) electrons. The number of piperidine rings is 1. The molecule has 3 heterocycles. The van der Waals surface area contributed by atoms with E-state index in [9.17, 15) is 23.1 Å². The van der Waals surface area contributed by atoms with Gasteiger partial charge in [0.05, 0.1) is 17.6 Å². The van der Waals surface area contributed by atoms with Crippen molar-refractivity contribution in [1.29, 1.82) is 0 Å². The number of hydrogen-bond acceptors (Lipinski definition) is 6. The molecular formula is C28H26ClF3N4O4. The summed E-state index contributed by atoms with van der Waals surface area (Å²) in [5.74, 6) is -0.749. The Morgan fingerprint density at radius 3 is 2.58 bits per heavy atom. The largest absolute Gasteiger partial charge is 0.478 e. The van der Waals surface area contributed by atoms with E-state index in [1.165, 1.54) is 22.8 Å². The molecule has 0 atom stereocenters. The first-order valence-corrected chi connectivity index (χ1v) is 13.0. The Hall–Kier alpha value is -3.83. The van der Waals surface area contributed by atoms with Crippen LogP contribution in [0.4, 0.5) is 13.2 Å². The summed E-state index contributed by atoms with van der Waals surface area (Å²) in [4.78, 5) is 22.7. The lowest BCUT2D eigenvalue weighted by atomic mass is 9.93. The van der Waals surface area contributed by atoms with Crippen LogP contribution in [0.15, 0.2) is 48.5 Å². The zero-order chi connectivity index (χ0) is 28.2. The summed E-state index contributed by atoms with van der Waals surface area (Å²) in [6, 6.07) is 12.4. The van der Waals surface area contributed by atoms with Crippen molar-refractivity contribution in [3.8, 4) is 11.6 Å². The minimum Gasteiger partial charge on any atom is -0.478 e. The summed E-state index contributed by atoms with van der Waals surface area (Å²) < 4.78 is 53.0. The molecule has 210 valence electrons. The van der Waals surface area contributed by atoms with Gasteiger partial charge in [-0.15, -0.1) is 0 Å². The molecule has 1 fully saturated rings. The zero-order valence-corrected chi connectivity index (χ0v) is 22.1. The van der Waals surface area contributed by atoms with Gasteiger partial charge in [0.15, 0.2) is 12.5 Å². The van der Waals surface area contributed by atoms with Gasteiger partial charge in [-0.1, -0.05) is 23.7 Å². The molecule has 0 aliphatic carbocycles. The van der Waals surface area contributed by atoms with E-state index in [2.05, 4.69) is 14.9 Å². The standard InChI is InChI=1S/C28H26ClF3N4O4/c29-20-5-4-18(21(32)12-20)14-39-26-3-1-2-22(33-26)17-6-8-35(9-7-17)13-25-34-27-23(36(25)15-30)10-19(28(37)38)11-24(27)40-16-31/h1-5,10-12,17H,6-9,13-16H2,(H,37,38). The second-order valence-corrected chi connectivity index (χ2v) is 9.89. The number of fused-ring (bicyclic) bond motifs is 1.